The van der Waals surface area contributed by atoms with Crippen molar-refractivity contribution in [3.63, 3.8) is 0 Å². The Morgan fingerprint density at radius 3 is 2.46 bits per heavy atom. The van der Waals surface area contributed by atoms with Crippen LogP contribution in [0.3, 0.4) is 0 Å². The Balaban J connectivity index is 1.93. The zero-order chi connectivity index (χ0) is 19.3. The number of hydrogen-bond donors (Lipinski definition) is 0. The van der Waals surface area contributed by atoms with Crippen LogP contribution in [0.5, 0.6) is 0 Å². The van der Waals surface area contributed by atoms with Gasteiger partial charge in [0.2, 0.25) is 5.78 Å². The highest BCUT2D eigenvalue weighted by Gasteiger charge is 2.53. The molecule has 1 saturated carbocycles. The molecule has 3 aliphatic carbocycles. The summed E-state index contributed by atoms with van der Waals surface area (Å²) >= 11 is 0. The lowest BCUT2D eigenvalue weighted by Crippen LogP contribution is -2.50. The molecule has 0 aromatic heterocycles. The van der Waals surface area contributed by atoms with Crippen LogP contribution in [-0.2, 0) is 9.59 Å². The van der Waals surface area contributed by atoms with Gasteiger partial charge in [-0.3, -0.25) is 9.59 Å². The van der Waals surface area contributed by atoms with Gasteiger partial charge < -0.3 is 4.90 Å². The van der Waals surface area contributed by atoms with Gasteiger partial charge in [-0.25, -0.2) is 0 Å². The molecule has 0 amide bonds. The highest BCUT2D eigenvalue weighted by Crippen LogP contribution is 2.62. The Morgan fingerprint density at radius 2 is 1.81 bits per heavy atom. The first-order valence-corrected chi connectivity index (χ1v) is 9.95. The van der Waals surface area contributed by atoms with Crippen molar-refractivity contribution >= 4 is 11.6 Å². The highest BCUT2D eigenvalue weighted by molar-refractivity contribution is 6.19. The molecule has 0 unspecified atom stereocenters. The van der Waals surface area contributed by atoms with E-state index in [1.54, 1.807) is 11.0 Å². The van der Waals surface area contributed by atoms with Crippen molar-refractivity contribution in [1.29, 1.82) is 0 Å². The minimum absolute atomic E-state index is 0.0112. The van der Waals surface area contributed by atoms with Crippen LogP contribution in [0.1, 0.15) is 59.8 Å². The van der Waals surface area contributed by atoms with E-state index in [9.17, 15) is 9.59 Å². The summed E-state index contributed by atoms with van der Waals surface area (Å²) < 4.78 is 0. The predicted octanol–water partition coefficient (Wildman–Crippen LogP) is 4.70. The van der Waals surface area contributed by atoms with Gasteiger partial charge in [0.15, 0.2) is 5.78 Å². The summed E-state index contributed by atoms with van der Waals surface area (Å²) in [6.45, 7) is 9.40. The molecule has 3 heteroatoms. The summed E-state index contributed by atoms with van der Waals surface area (Å²) in [6.07, 6.45) is 11.0. The SMILES string of the molecule is CC1=CCC[C@H]2[C@](C)(CC3=CC(=O)C(N(C)C)=CC3=O)[C@@H](C)CC[C@]12C. The molecule has 0 saturated heterocycles. The lowest BCUT2D eigenvalue weighted by Gasteiger charge is -2.58. The summed E-state index contributed by atoms with van der Waals surface area (Å²) in [4.78, 5) is 26.9. The van der Waals surface area contributed by atoms with Gasteiger partial charge in [-0.15, -0.1) is 0 Å². The van der Waals surface area contributed by atoms with E-state index in [0.717, 1.165) is 6.42 Å². The highest BCUT2D eigenvalue weighted by atomic mass is 16.1. The van der Waals surface area contributed by atoms with Crippen molar-refractivity contribution in [2.24, 2.45) is 22.7 Å². The van der Waals surface area contributed by atoms with Gasteiger partial charge in [0.05, 0.1) is 5.70 Å². The second-order valence-corrected chi connectivity index (χ2v) is 9.38. The third kappa shape index (κ3) is 2.90. The number of allylic oxidation sites excluding steroid dienone is 5. The maximum absolute atomic E-state index is 12.7. The van der Waals surface area contributed by atoms with Gasteiger partial charge in [-0.05, 0) is 67.8 Å². The van der Waals surface area contributed by atoms with Crippen LogP contribution >= 0.6 is 0 Å². The maximum Gasteiger partial charge on any atom is 0.202 e. The number of fused-ring (bicyclic) bond motifs is 1. The molecule has 0 spiro atoms. The minimum Gasteiger partial charge on any atom is -0.374 e. The Labute approximate surface area is 158 Å². The molecule has 0 heterocycles. The van der Waals surface area contributed by atoms with E-state index in [0.29, 0.717) is 29.5 Å². The number of rotatable bonds is 3. The summed E-state index contributed by atoms with van der Waals surface area (Å²) in [7, 11) is 3.62. The molecule has 3 aliphatic rings. The van der Waals surface area contributed by atoms with Crippen molar-refractivity contribution in [2.75, 3.05) is 14.1 Å². The third-order valence-corrected chi connectivity index (χ3v) is 7.79. The summed E-state index contributed by atoms with van der Waals surface area (Å²) in [5, 5.41) is 0. The molecule has 0 aromatic carbocycles. The van der Waals surface area contributed by atoms with Crippen molar-refractivity contribution < 1.29 is 9.59 Å². The Morgan fingerprint density at radius 1 is 1.12 bits per heavy atom. The number of hydrogen-bond acceptors (Lipinski definition) is 3. The van der Waals surface area contributed by atoms with Crippen LogP contribution in [-0.4, -0.2) is 30.6 Å². The van der Waals surface area contributed by atoms with Crippen molar-refractivity contribution in [1.82, 2.24) is 4.90 Å². The fraction of sp³-hybridized carbons (Fsp3) is 0.652. The minimum atomic E-state index is -0.0425. The van der Waals surface area contributed by atoms with Crippen LogP contribution in [0, 0.1) is 22.7 Å². The molecule has 142 valence electrons. The van der Waals surface area contributed by atoms with Gasteiger partial charge in [-0.2, -0.15) is 0 Å². The fourth-order valence-corrected chi connectivity index (χ4v) is 5.70. The van der Waals surface area contributed by atoms with E-state index in [2.05, 4.69) is 33.8 Å². The molecule has 26 heavy (non-hydrogen) atoms. The van der Waals surface area contributed by atoms with Gasteiger partial charge in [-0.1, -0.05) is 32.4 Å². The molecule has 0 radical (unpaired) electrons. The molecule has 0 N–H and O–H groups in total. The maximum atomic E-state index is 12.7. The molecule has 0 aliphatic heterocycles. The molecule has 1 fully saturated rings. The van der Waals surface area contributed by atoms with Gasteiger partial charge in [0.25, 0.3) is 0 Å². The van der Waals surface area contributed by atoms with E-state index in [1.165, 1.54) is 30.9 Å². The fourth-order valence-electron chi connectivity index (χ4n) is 5.70. The van der Waals surface area contributed by atoms with E-state index < -0.39 is 0 Å². The number of carbonyl (C=O) groups excluding carboxylic acids is 2. The average Bonchev–Trinajstić information content (AvgIpc) is 2.56. The average molecular weight is 356 g/mol. The zero-order valence-electron chi connectivity index (χ0n) is 17.2. The van der Waals surface area contributed by atoms with Crippen LogP contribution in [0.4, 0.5) is 0 Å². The summed E-state index contributed by atoms with van der Waals surface area (Å²) in [5.41, 5.74) is 2.98. The van der Waals surface area contributed by atoms with Crippen LogP contribution in [0.25, 0.3) is 0 Å². The Bertz CT molecular complexity index is 726. The Hall–Kier alpha value is -1.64. The van der Waals surface area contributed by atoms with Gasteiger partial charge in [0, 0.05) is 25.7 Å². The number of likely N-dealkylation sites (N-methyl/N-ethyl adjacent to an activating group) is 1. The van der Waals surface area contributed by atoms with E-state index >= 15 is 0 Å². The van der Waals surface area contributed by atoms with Crippen LogP contribution < -0.4 is 0 Å². The normalized spacial score (nSPS) is 37.5. The van der Waals surface area contributed by atoms with Crippen LogP contribution in [0.15, 0.2) is 35.1 Å². The van der Waals surface area contributed by atoms with Gasteiger partial charge in [0.1, 0.15) is 0 Å². The topological polar surface area (TPSA) is 37.4 Å². The number of nitrogens with zero attached hydrogens (tertiary/aromatic N) is 1. The summed E-state index contributed by atoms with van der Waals surface area (Å²) in [6, 6.07) is 0. The summed E-state index contributed by atoms with van der Waals surface area (Å²) in [5.74, 6) is 1.08. The zero-order valence-corrected chi connectivity index (χ0v) is 17.2. The smallest absolute Gasteiger partial charge is 0.202 e. The van der Waals surface area contributed by atoms with Crippen molar-refractivity contribution in [3.05, 3.63) is 35.1 Å². The largest absolute Gasteiger partial charge is 0.374 e. The first-order chi connectivity index (χ1) is 12.1. The lowest BCUT2D eigenvalue weighted by molar-refractivity contribution is -0.116. The van der Waals surface area contributed by atoms with Crippen molar-refractivity contribution in [2.45, 2.75) is 59.8 Å². The molecule has 4 atom stereocenters. The molecular weight excluding hydrogens is 322 g/mol. The first-order valence-electron chi connectivity index (χ1n) is 9.95. The number of ketones is 2. The molecule has 3 rings (SSSR count). The Kier molecular flexibility index (Phi) is 4.79. The molecular formula is C23H33NO2. The second kappa shape index (κ2) is 6.51. The third-order valence-electron chi connectivity index (χ3n) is 7.79. The molecule has 3 nitrogen and oxygen atoms in total. The van der Waals surface area contributed by atoms with Crippen molar-refractivity contribution in [3.8, 4) is 0 Å². The monoisotopic (exact) mass is 355 g/mol. The standard InChI is InChI=1S/C23H33NO2/c1-15-8-7-9-21-22(15,3)11-10-16(2)23(21,4)14-17-12-20(26)18(24(5)6)13-19(17)25/h8,12-13,16,21H,7,9-11,14H2,1-6H3/t16-,21+,22+,23+/m0/s1. The van der Waals surface area contributed by atoms with E-state index in [4.69, 9.17) is 0 Å². The lowest BCUT2D eigenvalue weighted by atomic mass is 9.46. The predicted molar refractivity (Wildman–Crippen MR) is 106 cm³/mol. The second-order valence-electron chi connectivity index (χ2n) is 9.38. The van der Waals surface area contributed by atoms with E-state index in [1.807, 2.05) is 14.1 Å². The van der Waals surface area contributed by atoms with Crippen LogP contribution in [0.2, 0.25) is 0 Å². The first kappa shape index (κ1) is 19.1. The number of carbonyl (C=O) groups is 2. The van der Waals surface area contributed by atoms with Gasteiger partial charge >= 0.3 is 0 Å². The molecule has 0 aromatic rings. The van der Waals surface area contributed by atoms with E-state index in [-0.39, 0.29) is 22.4 Å². The molecule has 0 bridgehead atoms. The quantitative estimate of drug-likeness (QED) is 0.544.